The molecule has 1 N–H and O–H groups in total. The van der Waals surface area contributed by atoms with Gasteiger partial charge in [0.25, 0.3) is 5.91 Å². The number of amides is 1. The van der Waals surface area contributed by atoms with Crippen LogP contribution < -0.4 is 14.8 Å². The number of para-hydroxylation sites is 1. The highest BCUT2D eigenvalue weighted by atomic mass is 16.5. The van der Waals surface area contributed by atoms with Gasteiger partial charge in [-0.2, -0.15) is 0 Å². The predicted octanol–water partition coefficient (Wildman–Crippen LogP) is 4.69. The first-order chi connectivity index (χ1) is 13.0. The summed E-state index contributed by atoms with van der Waals surface area (Å²) in [7, 11) is 0. The van der Waals surface area contributed by atoms with E-state index in [9.17, 15) is 4.79 Å². The molecule has 0 unspecified atom stereocenters. The minimum absolute atomic E-state index is 0.0577. The molecule has 2 rings (SSSR count). The molecule has 0 aliphatic rings. The van der Waals surface area contributed by atoms with Gasteiger partial charge in [0, 0.05) is 6.54 Å². The second-order valence-corrected chi connectivity index (χ2v) is 6.99. The van der Waals surface area contributed by atoms with E-state index in [1.807, 2.05) is 64.1 Å². The molecule has 0 fully saturated rings. The number of carbonyl (C=O) groups excluding carboxylic acids is 1. The zero-order valence-electron chi connectivity index (χ0n) is 16.8. The van der Waals surface area contributed by atoms with Crippen molar-refractivity contribution >= 4 is 5.91 Å². The van der Waals surface area contributed by atoms with Crippen LogP contribution in [0.4, 0.5) is 0 Å². The SMILES string of the molecule is CC[C@@H](Oc1ccccc1C)C(=O)NCCCc1cccc(OC(C)C)c1. The van der Waals surface area contributed by atoms with Crippen molar-refractivity contribution in [3.8, 4) is 11.5 Å². The molecule has 0 heterocycles. The van der Waals surface area contributed by atoms with Gasteiger partial charge in [-0.1, -0.05) is 37.3 Å². The zero-order valence-corrected chi connectivity index (χ0v) is 16.8. The number of aryl methyl sites for hydroxylation is 2. The van der Waals surface area contributed by atoms with Crippen LogP contribution in [0.25, 0.3) is 0 Å². The highest BCUT2D eigenvalue weighted by Gasteiger charge is 2.18. The number of rotatable bonds is 10. The molecule has 0 bridgehead atoms. The van der Waals surface area contributed by atoms with Crippen LogP contribution in [-0.4, -0.2) is 24.7 Å². The third kappa shape index (κ3) is 6.97. The van der Waals surface area contributed by atoms with E-state index in [4.69, 9.17) is 9.47 Å². The van der Waals surface area contributed by atoms with Crippen LogP contribution in [0.3, 0.4) is 0 Å². The molecule has 4 heteroatoms. The number of hydrogen-bond donors (Lipinski definition) is 1. The molecule has 0 aliphatic heterocycles. The van der Waals surface area contributed by atoms with Crippen LogP contribution in [0, 0.1) is 6.92 Å². The van der Waals surface area contributed by atoms with Crippen molar-refractivity contribution in [1.29, 1.82) is 0 Å². The van der Waals surface area contributed by atoms with Crippen molar-refractivity contribution < 1.29 is 14.3 Å². The largest absolute Gasteiger partial charge is 0.491 e. The summed E-state index contributed by atoms with van der Waals surface area (Å²) in [6, 6.07) is 15.9. The van der Waals surface area contributed by atoms with Gasteiger partial charge in [0.15, 0.2) is 6.10 Å². The monoisotopic (exact) mass is 369 g/mol. The molecule has 1 atom stereocenters. The fraction of sp³-hybridized carbons (Fsp3) is 0.435. The summed E-state index contributed by atoms with van der Waals surface area (Å²) < 4.78 is 11.6. The maximum atomic E-state index is 12.4. The van der Waals surface area contributed by atoms with Crippen LogP contribution in [0.15, 0.2) is 48.5 Å². The van der Waals surface area contributed by atoms with Crippen LogP contribution in [0.5, 0.6) is 11.5 Å². The second kappa shape index (κ2) is 10.6. The summed E-state index contributed by atoms with van der Waals surface area (Å²) >= 11 is 0. The van der Waals surface area contributed by atoms with E-state index in [2.05, 4.69) is 17.4 Å². The molecule has 0 saturated heterocycles. The van der Waals surface area contributed by atoms with E-state index in [0.717, 1.165) is 29.9 Å². The second-order valence-electron chi connectivity index (χ2n) is 6.99. The van der Waals surface area contributed by atoms with Gasteiger partial charge in [0.05, 0.1) is 6.10 Å². The Morgan fingerprint density at radius 1 is 1.07 bits per heavy atom. The Hall–Kier alpha value is -2.49. The summed E-state index contributed by atoms with van der Waals surface area (Å²) in [5, 5.41) is 3.00. The number of ether oxygens (including phenoxy) is 2. The Labute approximate surface area is 162 Å². The zero-order chi connectivity index (χ0) is 19.6. The minimum atomic E-state index is -0.464. The first-order valence-corrected chi connectivity index (χ1v) is 9.75. The van der Waals surface area contributed by atoms with Crippen LogP contribution in [0.1, 0.15) is 44.7 Å². The van der Waals surface area contributed by atoms with Gasteiger partial charge in [-0.05, 0) is 69.4 Å². The molecule has 0 spiro atoms. The minimum Gasteiger partial charge on any atom is -0.491 e. The Bertz CT molecular complexity index is 727. The molecule has 0 radical (unpaired) electrons. The smallest absolute Gasteiger partial charge is 0.261 e. The third-order valence-electron chi connectivity index (χ3n) is 4.24. The number of hydrogen-bond acceptors (Lipinski definition) is 3. The lowest BCUT2D eigenvalue weighted by atomic mass is 10.1. The highest BCUT2D eigenvalue weighted by molar-refractivity contribution is 5.81. The number of benzene rings is 2. The van der Waals surface area contributed by atoms with Crippen molar-refractivity contribution in [2.75, 3.05) is 6.54 Å². The molecule has 0 aromatic heterocycles. The maximum Gasteiger partial charge on any atom is 0.261 e. The Balaban J connectivity index is 1.78. The van der Waals surface area contributed by atoms with Crippen molar-refractivity contribution in [3.05, 3.63) is 59.7 Å². The van der Waals surface area contributed by atoms with E-state index in [-0.39, 0.29) is 12.0 Å². The van der Waals surface area contributed by atoms with Crippen LogP contribution >= 0.6 is 0 Å². The molecule has 27 heavy (non-hydrogen) atoms. The van der Waals surface area contributed by atoms with Gasteiger partial charge < -0.3 is 14.8 Å². The molecule has 0 saturated carbocycles. The topological polar surface area (TPSA) is 47.6 Å². The van der Waals surface area contributed by atoms with Gasteiger partial charge in [-0.3, -0.25) is 4.79 Å². The standard InChI is InChI=1S/C23H31NO3/c1-5-21(27-22-14-7-6-10-18(22)4)23(25)24-15-9-12-19-11-8-13-20(16-19)26-17(2)3/h6-8,10-11,13-14,16-17,21H,5,9,12,15H2,1-4H3,(H,24,25)/t21-/m1/s1. The summed E-state index contributed by atoms with van der Waals surface area (Å²) in [6.45, 7) is 8.61. The van der Waals surface area contributed by atoms with E-state index in [1.165, 1.54) is 5.56 Å². The Kier molecular flexibility index (Phi) is 8.18. The van der Waals surface area contributed by atoms with Gasteiger partial charge in [0.1, 0.15) is 11.5 Å². The molecule has 2 aromatic carbocycles. The van der Waals surface area contributed by atoms with Crippen molar-refractivity contribution in [2.45, 2.75) is 59.2 Å². The fourth-order valence-corrected chi connectivity index (χ4v) is 2.83. The Morgan fingerprint density at radius 3 is 2.56 bits per heavy atom. The van der Waals surface area contributed by atoms with Crippen molar-refractivity contribution in [2.24, 2.45) is 0 Å². The molecular weight excluding hydrogens is 338 g/mol. The lowest BCUT2D eigenvalue weighted by Crippen LogP contribution is -2.38. The first kappa shape index (κ1) is 20.8. The molecule has 2 aromatic rings. The first-order valence-electron chi connectivity index (χ1n) is 9.75. The average Bonchev–Trinajstić information content (AvgIpc) is 2.64. The van der Waals surface area contributed by atoms with E-state index in [0.29, 0.717) is 13.0 Å². The lowest BCUT2D eigenvalue weighted by molar-refractivity contribution is -0.128. The summed E-state index contributed by atoms with van der Waals surface area (Å²) in [5.74, 6) is 1.60. The van der Waals surface area contributed by atoms with Gasteiger partial charge in [-0.25, -0.2) is 0 Å². The summed E-state index contributed by atoms with van der Waals surface area (Å²) in [6.07, 6.45) is 2.10. The highest BCUT2D eigenvalue weighted by Crippen LogP contribution is 2.19. The third-order valence-corrected chi connectivity index (χ3v) is 4.24. The van der Waals surface area contributed by atoms with Gasteiger partial charge in [-0.15, -0.1) is 0 Å². The normalized spacial score (nSPS) is 11.9. The number of nitrogens with one attached hydrogen (secondary N) is 1. The van der Waals surface area contributed by atoms with Gasteiger partial charge in [0.2, 0.25) is 0 Å². The van der Waals surface area contributed by atoms with Gasteiger partial charge >= 0.3 is 0 Å². The van der Waals surface area contributed by atoms with E-state index in [1.54, 1.807) is 0 Å². The van der Waals surface area contributed by atoms with Crippen LogP contribution in [0.2, 0.25) is 0 Å². The molecular formula is C23H31NO3. The van der Waals surface area contributed by atoms with Crippen molar-refractivity contribution in [3.63, 3.8) is 0 Å². The molecule has 4 nitrogen and oxygen atoms in total. The number of carbonyl (C=O) groups is 1. The maximum absolute atomic E-state index is 12.4. The molecule has 0 aliphatic carbocycles. The predicted molar refractivity (Wildman–Crippen MR) is 109 cm³/mol. The van der Waals surface area contributed by atoms with Crippen LogP contribution in [-0.2, 0) is 11.2 Å². The molecule has 1 amide bonds. The lowest BCUT2D eigenvalue weighted by Gasteiger charge is -2.18. The Morgan fingerprint density at radius 2 is 1.85 bits per heavy atom. The van der Waals surface area contributed by atoms with E-state index < -0.39 is 6.10 Å². The average molecular weight is 370 g/mol. The fourth-order valence-electron chi connectivity index (χ4n) is 2.83. The molecule has 146 valence electrons. The summed E-state index contributed by atoms with van der Waals surface area (Å²) in [5.41, 5.74) is 2.25. The summed E-state index contributed by atoms with van der Waals surface area (Å²) in [4.78, 5) is 12.4. The quantitative estimate of drug-likeness (QED) is 0.618. The van der Waals surface area contributed by atoms with Crippen molar-refractivity contribution in [1.82, 2.24) is 5.32 Å². The van der Waals surface area contributed by atoms with E-state index >= 15 is 0 Å².